The Morgan fingerprint density at radius 1 is 1.50 bits per heavy atom. The summed E-state index contributed by atoms with van der Waals surface area (Å²) in [6.45, 7) is 2.25. The number of ether oxygens (including phenoxy) is 1. The van der Waals surface area contributed by atoms with Crippen molar-refractivity contribution in [1.29, 1.82) is 0 Å². The van der Waals surface area contributed by atoms with Crippen LogP contribution in [0.4, 0.5) is 0 Å². The van der Waals surface area contributed by atoms with Gasteiger partial charge in [-0.3, -0.25) is 4.79 Å². The topological polar surface area (TPSA) is 98.5 Å². The number of nitrogens with one attached hydrogen (secondary N) is 1. The molecule has 8 heteroatoms. The lowest BCUT2D eigenvalue weighted by Crippen LogP contribution is -2.37. The molecule has 0 bridgehead atoms. The molecule has 20 heavy (non-hydrogen) atoms. The van der Waals surface area contributed by atoms with Crippen molar-refractivity contribution in [2.24, 2.45) is 5.14 Å². The Bertz CT molecular complexity index is 589. The average Bonchev–Trinajstić information content (AvgIpc) is 2.37. The van der Waals surface area contributed by atoms with Crippen LogP contribution in [-0.2, 0) is 14.8 Å². The van der Waals surface area contributed by atoms with E-state index in [2.05, 4.69) is 5.32 Å². The fourth-order valence-corrected chi connectivity index (χ4v) is 2.32. The first-order chi connectivity index (χ1) is 9.29. The van der Waals surface area contributed by atoms with E-state index >= 15 is 0 Å². The largest absolute Gasteiger partial charge is 0.383 e. The Morgan fingerprint density at radius 3 is 2.65 bits per heavy atom. The molecule has 0 aliphatic rings. The molecule has 3 N–H and O–H groups in total. The Hall–Kier alpha value is -1.15. The third kappa shape index (κ3) is 4.45. The van der Waals surface area contributed by atoms with Crippen molar-refractivity contribution in [3.05, 3.63) is 28.8 Å². The minimum atomic E-state index is -3.88. The standard InChI is InChI=1S/C12H17ClN2O4S/c1-3-8(7-19-2)15-12(16)10-6-9(20(14,17)18)4-5-11(10)13/h4-6,8H,3,7H2,1-2H3,(H,15,16)(H2,14,17,18). The van der Waals surface area contributed by atoms with Crippen molar-refractivity contribution >= 4 is 27.5 Å². The summed E-state index contributed by atoms with van der Waals surface area (Å²) in [6, 6.07) is 3.56. The van der Waals surface area contributed by atoms with Crippen LogP contribution in [0.3, 0.4) is 0 Å². The van der Waals surface area contributed by atoms with Gasteiger partial charge in [0.1, 0.15) is 0 Å². The third-order valence-corrected chi connectivity index (χ3v) is 3.95. The normalized spacial score (nSPS) is 13.0. The fourth-order valence-electron chi connectivity index (χ4n) is 1.58. The van der Waals surface area contributed by atoms with E-state index in [1.165, 1.54) is 19.2 Å². The Labute approximate surface area is 123 Å². The Kier molecular flexibility index (Phi) is 5.94. The van der Waals surface area contributed by atoms with Crippen LogP contribution in [-0.4, -0.2) is 34.1 Å². The number of hydrogen-bond donors (Lipinski definition) is 2. The van der Waals surface area contributed by atoms with Crippen LogP contribution in [0.5, 0.6) is 0 Å². The Morgan fingerprint density at radius 2 is 2.15 bits per heavy atom. The lowest BCUT2D eigenvalue weighted by Gasteiger charge is -2.16. The molecule has 0 saturated heterocycles. The molecule has 1 unspecified atom stereocenters. The van der Waals surface area contributed by atoms with E-state index in [1.807, 2.05) is 6.92 Å². The maximum Gasteiger partial charge on any atom is 0.253 e. The Balaban J connectivity index is 3.03. The third-order valence-electron chi connectivity index (χ3n) is 2.71. The van der Waals surface area contributed by atoms with Gasteiger partial charge in [-0.2, -0.15) is 0 Å². The summed E-state index contributed by atoms with van der Waals surface area (Å²) < 4.78 is 27.5. The summed E-state index contributed by atoms with van der Waals surface area (Å²) in [6.07, 6.45) is 0.673. The number of carbonyl (C=O) groups is 1. The molecule has 6 nitrogen and oxygen atoms in total. The SMILES string of the molecule is CCC(COC)NC(=O)c1cc(S(N)(=O)=O)ccc1Cl. The summed E-state index contributed by atoms with van der Waals surface area (Å²) in [5, 5.41) is 7.90. The van der Waals surface area contributed by atoms with Gasteiger partial charge in [0, 0.05) is 7.11 Å². The minimum Gasteiger partial charge on any atom is -0.383 e. The van der Waals surface area contributed by atoms with Gasteiger partial charge in [0.2, 0.25) is 10.0 Å². The van der Waals surface area contributed by atoms with Crippen molar-refractivity contribution in [1.82, 2.24) is 5.32 Å². The van der Waals surface area contributed by atoms with Gasteiger partial charge in [0.15, 0.2) is 0 Å². The van der Waals surface area contributed by atoms with Crippen molar-refractivity contribution in [3.8, 4) is 0 Å². The summed E-state index contributed by atoms with van der Waals surface area (Å²) in [5.41, 5.74) is 0.0627. The number of methoxy groups -OCH3 is 1. The van der Waals surface area contributed by atoms with Crippen LogP contribution in [0.15, 0.2) is 23.1 Å². The van der Waals surface area contributed by atoms with E-state index in [1.54, 1.807) is 0 Å². The molecule has 0 radical (unpaired) electrons. The second-order valence-electron chi connectivity index (χ2n) is 4.22. The summed E-state index contributed by atoms with van der Waals surface area (Å²) in [7, 11) is -2.35. The monoisotopic (exact) mass is 320 g/mol. The van der Waals surface area contributed by atoms with Gasteiger partial charge in [-0.1, -0.05) is 18.5 Å². The number of halogens is 1. The number of nitrogens with two attached hydrogens (primary N) is 1. The van der Waals surface area contributed by atoms with Gasteiger partial charge in [0.25, 0.3) is 5.91 Å². The molecule has 0 aliphatic carbocycles. The minimum absolute atomic E-state index is 0.0627. The number of benzene rings is 1. The van der Waals surface area contributed by atoms with E-state index in [4.69, 9.17) is 21.5 Å². The molecule has 1 aromatic carbocycles. The molecular formula is C12H17ClN2O4S. The van der Waals surface area contributed by atoms with Crippen molar-refractivity contribution < 1.29 is 17.9 Å². The smallest absolute Gasteiger partial charge is 0.253 e. The molecule has 0 aromatic heterocycles. The zero-order chi connectivity index (χ0) is 15.3. The fraction of sp³-hybridized carbons (Fsp3) is 0.417. The first-order valence-corrected chi connectivity index (χ1v) is 7.84. The first kappa shape index (κ1) is 16.9. The second-order valence-corrected chi connectivity index (χ2v) is 6.19. The summed E-state index contributed by atoms with van der Waals surface area (Å²) in [4.78, 5) is 11.9. The highest BCUT2D eigenvalue weighted by Crippen LogP contribution is 2.20. The van der Waals surface area contributed by atoms with Crippen molar-refractivity contribution in [3.63, 3.8) is 0 Å². The van der Waals surface area contributed by atoms with Gasteiger partial charge in [0.05, 0.1) is 28.1 Å². The van der Waals surface area contributed by atoms with Crippen LogP contribution in [0, 0.1) is 0 Å². The van der Waals surface area contributed by atoms with Crippen molar-refractivity contribution in [2.45, 2.75) is 24.3 Å². The molecule has 0 saturated carbocycles. The number of hydrogen-bond acceptors (Lipinski definition) is 4. The molecule has 1 rings (SSSR count). The molecular weight excluding hydrogens is 304 g/mol. The van der Waals surface area contributed by atoms with E-state index < -0.39 is 15.9 Å². The molecule has 1 aromatic rings. The van der Waals surface area contributed by atoms with E-state index in [0.717, 1.165) is 6.07 Å². The summed E-state index contributed by atoms with van der Waals surface area (Å²) in [5.74, 6) is -0.468. The quantitative estimate of drug-likeness (QED) is 0.821. The highest BCUT2D eigenvalue weighted by molar-refractivity contribution is 7.89. The zero-order valence-corrected chi connectivity index (χ0v) is 12.8. The molecule has 0 fully saturated rings. The number of carbonyl (C=O) groups excluding carboxylic acids is 1. The highest BCUT2D eigenvalue weighted by atomic mass is 35.5. The highest BCUT2D eigenvalue weighted by Gasteiger charge is 2.18. The summed E-state index contributed by atoms with van der Waals surface area (Å²) >= 11 is 5.92. The van der Waals surface area contributed by atoms with Crippen LogP contribution in [0.1, 0.15) is 23.7 Å². The van der Waals surface area contributed by atoms with Crippen molar-refractivity contribution in [2.75, 3.05) is 13.7 Å². The number of primary sulfonamides is 1. The molecule has 0 spiro atoms. The van der Waals surface area contributed by atoms with Crippen LogP contribution in [0.2, 0.25) is 5.02 Å². The van der Waals surface area contributed by atoms with E-state index in [-0.39, 0.29) is 21.5 Å². The lowest BCUT2D eigenvalue weighted by molar-refractivity contribution is 0.0894. The van der Waals surface area contributed by atoms with Gasteiger partial charge < -0.3 is 10.1 Å². The molecule has 1 amide bonds. The predicted octanol–water partition coefficient (Wildman–Crippen LogP) is 1.14. The van der Waals surface area contributed by atoms with Crippen LogP contribution >= 0.6 is 11.6 Å². The van der Waals surface area contributed by atoms with Gasteiger partial charge in [-0.15, -0.1) is 0 Å². The molecule has 1 atom stereocenters. The van der Waals surface area contributed by atoms with Gasteiger partial charge in [-0.25, -0.2) is 13.6 Å². The van der Waals surface area contributed by atoms with Gasteiger partial charge in [-0.05, 0) is 24.6 Å². The maximum atomic E-state index is 12.1. The second kappa shape index (κ2) is 7.03. The van der Waals surface area contributed by atoms with E-state index in [9.17, 15) is 13.2 Å². The maximum absolute atomic E-state index is 12.1. The lowest BCUT2D eigenvalue weighted by atomic mass is 10.1. The molecule has 0 aliphatic heterocycles. The molecule has 112 valence electrons. The van der Waals surface area contributed by atoms with Gasteiger partial charge >= 0.3 is 0 Å². The van der Waals surface area contributed by atoms with E-state index in [0.29, 0.717) is 13.0 Å². The number of sulfonamides is 1. The first-order valence-electron chi connectivity index (χ1n) is 5.91. The molecule has 0 heterocycles. The number of amides is 1. The number of rotatable bonds is 6. The zero-order valence-electron chi connectivity index (χ0n) is 11.2. The average molecular weight is 321 g/mol. The van der Waals surface area contributed by atoms with Crippen LogP contribution in [0.25, 0.3) is 0 Å². The van der Waals surface area contributed by atoms with Crippen LogP contribution < -0.4 is 10.5 Å². The predicted molar refractivity (Wildman–Crippen MR) is 76.2 cm³/mol.